The molecule has 3 N–H and O–H groups in total. The van der Waals surface area contributed by atoms with E-state index in [-0.39, 0.29) is 23.9 Å². The van der Waals surface area contributed by atoms with Crippen LogP contribution in [0, 0.1) is 6.92 Å². The lowest BCUT2D eigenvalue weighted by Crippen LogP contribution is -2.41. The molecular formula is C20H25N5O3. The van der Waals surface area contributed by atoms with Gasteiger partial charge in [0.15, 0.2) is 5.78 Å². The van der Waals surface area contributed by atoms with Gasteiger partial charge in [0, 0.05) is 30.6 Å². The third kappa shape index (κ3) is 3.81. The molecule has 1 saturated heterocycles. The maximum atomic E-state index is 12.7. The topological polar surface area (TPSA) is 118 Å². The number of amides is 2. The molecule has 1 aromatic rings. The Morgan fingerprint density at radius 3 is 2.71 bits per heavy atom. The van der Waals surface area contributed by atoms with Crippen LogP contribution in [0.25, 0.3) is 0 Å². The summed E-state index contributed by atoms with van der Waals surface area (Å²) >= 11 is 0. The Balaban J connectivity index is 1.79. The monoisotopic (exact) mass is 383 g/mol. The summed E-state index contributed by atoms with van der Waals surface area (Å²) in [5.74, 6) is -0.207. The highest BCUT2D eigenvalue weighted by molar-refractivity contribution is 6.01. The van der Waals surface area contributed by atoms with Gasteiger partial charge < -0.3 is 16.0 Å². The zero-order valence-corrected chi connectivity index (χ0v) is 16.4. The fourth-order valence-corrected chi connectivity index (χ4v) is 3.85. The van der Waals surface area contributed by atoms with Crippen molar-refractivity contribution in [1.29, 1.82) is 0 Å². The molecule has 0 unspecified atom stereocenters. The number of nitrogens with one attached hydrogen (secondary N) is 1. The summed E-state index contributed by atoms with van der Waals surface area (Å²) in [5, 5.41) is 2.79. The number of nitrogens with two attached hydrogens (primary N) is 1. The van der Waals surface area contributed by atoms with Crippen LogP contribution in [-0.4, -0.2) is 46.7 Å². The zero-order chi connectivity index (χ0) is 20.4. The molecule has 1 aromatic heterocycles. The van der Waals surface area contributed by atoms with Gasteiger partial charge >= 0.3 is 0 Å². The highest BCUT2D eigenvalue weighted by Gasteiger charge is 2.32. The third-order valence-electron chi connectivity index (χ3n) is 5.27. The zero-order valence-electron chi connectivity index (χ0n) is 16.4. The molecule has 8 heteroatoms. The van der Waals surface area contributed by atoms with Crippen molar-refractivity contribution >= 4 is 23.4 Å². The lowest BCUT2D eigenvalue weighted by atomic mass is 9.92. The maximum absolute atomic E-state index is 12.7. The largest absolute Gasteiger partial charge is 0.368 e. The van der Waals surface area contributed by atoms with E-state index in [1.165, 1.54) is 6.33 Å². The maximum Gasteiger partial charge on any atom is 0.270 e. The van der Waals surface area contributed by atoms with E-state index in [9.17, 15) is 14.4 Å². The number of aromatic nitrogens is 2. The van der Waals surface area contributed by atoms with Crippen LogP contribution in [0.2, 0.25) is 0 Å². The van der Waals surface area contributed by atoms with Gasteiger partial charge in [0.2, 0.25) is 5.91 Å². The normalized spacial score (nSPS) is 19.7. The predicted octanol–water partition coefficient (Wildman–Crippen LogP) is 1.20. The van der Waals surface area contributed by atoms with Gasteiger partial charge in [-0.2, -0.15) is 0 Å². The van der Waals surface area contributed by atoms with E-state index in [1.807, 2.05) is 24.8 Å². The minimum atomic E-state index is -0.424. The SMILES string of the molecule is CC1=CC(C)=C(CNC(=O)c2ncnc(N3CCC[C@@H]3C(N)=O)c2C)C(=O)C1. The Morgan fingerprint density at radius 1 is 1.29 bits per heavy atom. The van der Waals surface area contributed by atoms with Crippen LogP contribution in [0.3, 0.4) is 0 Å². The van der Waals surface area contributed by atoms with Crippen molar-refractivity contribution in [3.63, 3.8) is 0 Å². The molecular weight excluding hydrogens is 358 g/mol. The average molecular weight is 383 g/mol. The van der Waals surface area contributed by atoms with Gasteiger partial charge in [-0.05, 0) is 39.2 Å². The summed E-state index contributed by atoms with van der Waals surface area (Å²) in [5.41, 5.74) is 8.81. The average Bonchev–Trinajstić information content (AvgIpc) is 3.10. The number of nitrogens with zero attached hydrogens (tertiary/aromatic N) is 3. The number of anilines is 1. The Labute approximate surface area is 163 Å². The van der Waals surface area contributed by atoms with E-state index < -0.39 is 11.9 Å². The van der Waals surface area contributed by atoms with E-state index in [0.717, 1.165) is 17.6 Å². The van der Waals surface area contributed by atoms with Gasteiger partial charge in [-0.25, -0.2) is 9.97 Å². The molecule has 0 saturated carbocycles. The van der Waals surface area contributed by atoms with Crippen LogP contribution < -0.4 is 16.0 Å². The Bertz CT molecular complexity index is 903. The highest BCUT2D eigenvalue weighted by atomic mass is 16.2. The molecule has 1 aliphatic carbocycles. The van der Waals surface area contributed by atoms with E-state index in [1.54, 1.807) is 6.92 Å². The summed E-state index contributed by atoms with van der Waals surface area (Å²) in [6.45, 7) is 6.34. The predicted molar refractivity (Wildman–Crippen MR) is 105 cm³/mol. The van der Waals surface area contributed by atoms with Crippen LogP contribution in [0.15, 0.2) is 29.1 Å². The molecule has 1 fully saturated rings. The first kappa shape index (κ1) is 19.7. The van der Waals surface area contributed by atoms with Crippen LogP contribution in [0.1, 0.15) is 49.2 Å². The first-order chi connectivity index (χ1) is 13.3. The number of Topliss-reactive ketones (excluding diaryl/α,β-unsaturated/α-hetero) is 1. The summed E-state index contributed by atoms with van der Waals surface area (Å²) < 4.78 is 0. The van der Waals surface area contributed by atoms with Gasteiger partial charge in [0.25, 0.3) is 5.91 Å². The van der Waals surface area contributed by atoms with Crippen molar-refractivity contribution in [3.8, 4) is 0 Å². The summed E-state index contributed by atoms with van der Waals surface area (Å²) in [4.78, 5) is 46.9. The number of carbonyl (C=O) groups excluding carboxylic acids is 3. The quantitative estimate of drug-likeness (QED) is 0.789. The Morgan fingerprint density at radius 2 is 2.04 bits per heavy atom. The number of hydrogen-bond acceptors (Lipinski definition) is 6. The number of rotatable bonds is 5. The Hall–Kier alpha value is -3.03. The number of hydrogen-bond donors (Lipinski definition) is 2. The van der Waals surface area contributed by atoms with E-state index in [4.69, 9.17) is 5.73 Å². The van der Waals surface area contributed by atoms with Crippen molar-refractivity contribution in [2.75, 3.05) is 18.0 Å². The van der Waals surface area contributed by atoms with Crippen molar-refractivity contribution in [2.24, 2.45) is 5.73 Å². The number of ketones is 1. The molecule has 0 spiro atoms. The van der Waals surface area contributed by atoms with Gasteiger partial charge in [-0.15, -0.1) is 0 Å². The van der Waals surface area contributed by atoms with Crippen molar-refractivity contribution < 1.29 is 14.4 Å². The standard InChI is InChI=1S/C20H25N5O3/c1-11-7-12(2)14(16(26)8-11)9-22-20(28)17-13(3)19(24-10-23-17)25-6-4-5-15(25)18(21)27/h7,10,15H,4-6,8-9H2,1-3H3,(H2,21,27)(H,22,28)/t15-/m1/s1. The third-order valence-corrected chi connectivity index (χ3v) is 5.27. The van der Waals surface area contributed by atoms with Crippen LogP contribution >= 0.6 is 0 Å². The van der Waals surface area contributed by atoms with Crippen LogP contribution in [0.5, 0.6) is 0 Å². The molecule has 2 amide bonds. The lowest BCUT2D eigenvalue weighted by molar-refractivity contribution is -0.119. The van der Waals surface area contributed by atoms with E-state index in [2.05, 4.69) is 15.3 Å². The first-order valence-corrected chi connectivity index (χ1v) is 9.35. The van der Waals surface area contributed by atoms with E-state index >= 15 is 0 Å². The highest BCUT2D eigenvalue weighted by Crippen LogP contribution is 2.27. The van der Waals surface area contributed by atoms with Gasteiger partial charge in [0.05, 0.1) is 0 Å². The van der Waals surface area contributed by atoms with Crippen LogP contribution in [0.4, 0.5) is 5.82 Å². The van der Waals surface area contributed by atoms with Gasteiger partial charge in [0.1, 0.15) is 23.9 Å². The summed E-state index contributed by atoms with van der Waals surface area (Å²) in [7, 11) is 0. The van der Waals surface area contributed by atoms with E-state index in [0.29, 0.717) is 36.3 Å². The van der Waals surface area contributed by atoms with Gasteiger partial charge in [-0.1, -0.05) is 11.6 Å². The second-order valence-corrected chi connectivity index (χ2v) is 7.36. The fraction of sp³-hybridized carbons (Fsp3) is 0.450. The first-order valence-electron chi connectivity index (χ1n) is 9.35. The number of allylic oxidation sites excluding steroid dienone is 3. The molecule has 2 aliphatic rings. The number of primary amides is 1. The molecule has 1 atom stereocenters. The van der Waals surface area contributed by atoms with Crippen LogP contribution in [-0.2, 0) is 9.59 Å². The molecule has 0 aromatic carbocycles. The molecule has 0 radical (unpaired) electrons. The molecule has 2 heterocycles. The smallest absolute Gasteiger partial charge is 0.270 e. The molecule has 0 bridgehead atoms. The molecule has 1 aliphatic heterocycles. The summed E-state index contributed by atoms with van der Waals surface area (Å²) in [6, 6.07) is -0.424. The summed E-state index contributed by atoms with van der Waals surface area (Å²) in [6.07, 6.45) is 5.16. The second kappa shape index (κ2) is 7.92. The fourth-order valence-electron chi connectivity index (χ4n) is 3.85. The van der Waals surface area contributed by atoms with Crippen molar-refractivity contribution in [2.45, 2.75) is 46.1 Å². The van der Waals surface area contributed by atoms with Gasteiger partial charge in [-0.3, -0.25) is 14.4 Å². The lowest BCUT2D eigenvalue weighted by Gasteiger charge is -2.25. The second-order valence-electron chi connectivity index (χ2n) is 7.36. The molecule has 8 nitrogen and oxygen atoms in total. The minimum Gasteiger partial charge on any atom is -0.368 e. The number of carbonyl (C=O) groups is 3. The molecule has 3 rings (SSSR count). The van der Waals surface area contributed by atoms with Crippen molar-refractivity contribution in [3.05, 3.63) is 40.4 Å². The van der Waals surface area contributed by atoms with Crippen molar-refractivity contribution in [1.82, 2.24) is 15.3 Å². The molecule has 148 valence electrons. The Kier molecular flexibility index (Phi) is 5.58. The minimum absolute atomic E-state index is 0.0271. The molecule has 28 heavy (non-hydrogen) atoms.